The Labute approximate surface area is 247 Å². The van der Waals surface area contributed by atoms with Crippen molar-refractivity contribution in [2.24, 2.45) is 12.8 Å². The van der Waals surface area contributed by atoms with Gasteiger partial charge in [-0.1, -0.05) is 55.7 Å². The lowest BCUT2D eigenvalue weighted by atomic mass is 9.94. The number of rotatable bonds is 7. The molecule has 2 heterocycles. The van der Waals surface area contributed by atoms with E-state index < -0.39 is 6.04 Å². The third-order valence-corrected chi connectivity index (χ3v) is 7.28. The summed E-state index contributed by atoms with van der Waals surface area (Å²) < 4.78 is 2.06. The average molecular weight is 564 g/mol. The zero-order valence-corrected chi connectivity index (χ0v) is 25.5. The first-order valence-electron chi connectivity index (χ1n) is 14.4. The van der Waals surface area contributed by atoms with Gasteiger partial charge in [0.2, 0.25) is 6.41 Å². The number of carbonyl (C=O) groups is 3. The Bertz CT molecular complexity index is 1110. The number of aldehydes is 1. The van der Waals surface area contributed by atoms with Crippen molar-refractivity contribution in [1.82, 2.24) is 19.7 Å². The van der Waals surface area contributed by atoms with E-state index in [1.807, 2.05) is 49.3 Å². The molecule has 1 atom stereocenters. The number of amides is 2. The fourth-order valence-electron chi connectivity index (χ4n) is 5.23. The smallest absolute Gasteiger partial charge is 0.255 e. The standard InChI is InChI=1S/C20H31N3O.C9H9NO2.C3H4.CH5N/c1-4-8-19-16(2)18(15-21(19)3)20(24)23-13-11-22(12-14-23)17-9-6-5-7-10-17;11-6-9(10-7-12)8-4-2-1-3-5-8;1-3-2;1-2/h4,8,15,17H,5-7,9-14H2,1-3H3;1-7,9H,(H,10,12);1H,2H3;2H2,1H3/b8-4-;;;. The van der Waals surface area contributed by atoms with E-state index in [9.17, 15) is 14.4 Å². The molecule has 1 aromatic heterocycles. The van der Waals surface area contributed by atoms with Crippen LogP contribution < -0.4 is 11.1 Å². The molecular weight excluding hydrogens is 514 g/mol. The number of piperazine rings is 1. The molecule has 2 aromatic rings. The maximum atomic E-state index is 12.9. The van der Waals surface area contributed by atoms with Crippen LogP contribution in [0.15, 0.2) is 42.6 Å². The highest BCUT2D eigenvalue weighted by atomic mass is 16.2. The molecule has 4 rings (SSSR count). The van der Waals surface area contributed by atoms with Crippen molar-refractivity contribution < 1.29 is 14.4 Å². The summed E-state index contributed by atoms with van der Waals surface area (Å²) in [6.45, 7) is 9.51. The van der Waals surface area contributed by atoms with Gasteiger partial charge in [0.1, 0.15) is 12.3 Å². The summed E-state index contributed by atoms with van der Waals surface area (Å²) in [6.07, 6.45) is 18.7. The van der Waals surface area contributed by atoms with Gasteiger partial charge in [-0.3, -0.25) is 14.5 Å². The molecule has 2 fully saturated rings. The van der Waals surface area contributed by atoms with Crippen molar-refractivity contribution in [1.29, 1.82) is 0 Å². The average Bonchev–Trinajstić information content (AvgIpc) is 3.31. The van der Waals surface area contributed by atoms with Crippen molar-refractivity contribution in [3.63, 3.8) is 0 Å². The maximum absolute atomic E-state index is 12.9. The Morgan fingerprint density at radius 2 is 1.66 bits per heavy atom. The summed E-state index contributed by atoms with van der Waals surface area (Å²) in [5.41, 5.74) is 8.37. The number of nitrogens with two attached hydrogens (primary N) is 1. The van der Waals surface area contributed by atoms with Crippen molar-refractivity contribution >= 4 is 24.7 Å². The lowest BCUT2D eigenvalue weighted by Gasteiger charge is -2.40. The van der Waals surface area contributed by atoms with Gasteiger partial charge in [0, 0.05) is 51.2 Å². The van der Waals surface area contributed by atoms with Crippen LogP contribution in [0.3, 0.4) is 0 Å². The molecule has 0 bridgehead atoms. The van der Waals surface area contributed by atoms with Gasteiger partial charge < -0.3 is 25.3 Å². The predicted molar refractivity (Wildman–Crippen MR) is 168 cm³/mol. The van der Waals surface area contributed by atoms with Gasteiger partial charge in [0.25, 0.3) is 5.91 Å². The quantitative estimate of drug-likeness (QED) is 0.386. The zero-order chi connectivity index (χ0) is 30.6. The van der Waals surface area contributed by atoms with Gasteiger partial charge >= 0.3 is 0 Å². The molecule has 1 saturated heterocycles. The van der Waals surface area contributed by atoms with Gasteiger partial charge in [-0.15, -0.1) is 12.3 Å². The topological polar surface area (TPSA) is 101 Å². The molecule has 1 aliphatic heterocycles. The lowest BCUT2D eigenvalue weighted by Crippen LogP contribution is -2.52. The Morgan fingerprint density at radius 1 is 1.07 bits per heavy atom. The third-order valence-electron chi connectivity index (χ3n) is 7.28. The van der Waals surface area contributed by atoms with Gasteiger partial charge in [0.15, 0.2) is 0 Å². The van der Waals surface area contributed by atoms with Crippen LogP contribution in [-0.2, 0) is 16.6 Å². The molecule has 2 amide bonds. The van der Waals surface area contributed by atoms with Gasteiger partial charge in [-0.25, -0.2) is 0 Å². The molecule has 2 aliphatic rings. The van der Waals surface area contributed by atoms with E-state index >= 15 is 0 Å². The number of benzene rings is 1. The van der Waals surface area contributed by atoms with Crippen LogP contribution in [0.2, 0.25) is 0 Å². The van der Waals surface area contributed by atoms with Crippen molar-refractivity contribution in [2.45, 2.75) is 65.0 Å². The number of nitrogens with zero attached hydrogens (tertiary/aromatic N) is 3. The fourth-order valence-corrected chi connectivity index (χ4v) is 5.23. The SMILES string of the molecule is C#CC.C/C=C\c1c(C)c(C(=O)N2CCN(C3CCCCC3)CC2)cn1C.CN.O=CNC(C=O)c1ccccc1. The summed E-state index contributed by atoms with van der Waals surface area (Å²) in [4.78, 5) is 38.2. The van der Waals surface area contributed by atoms with Crippen LogP contribution in [0.5, 0.6) is 0 Å². The molecule has 1 unspecified atom stereocenters. The summed E-state index contributed by atoms with van der Waals surface area (Å²) in [7, 11) is 3.51. The second kappa shape index (κ2) is 20.2. The van der Waals surface area contributed by atoms with Crippen LogP contribution in [-0.4, -0.2) is 72.2 Å². The number of hydrogen-bond acceptors (Lipinski definition) is 5. The third kappa shape index (κ3) is 11.0. The van der Waals surface area contributed by atoms with E-state index in [4.69, 9.17) is 0 Å². The van der Waals surface area contributed by atoms with E-state index in [1.54, 1.807) is 19.1 Å². The monoisotopic (exact) mass is 563 g/mol. The number of aromatic nitrogens is 1. The number of nitrogens with one attached hydrogen (secondary N) is 1. The van der Waals surface area contributed by atoms with Crippen LogP contribution in [0, 0.1) is 19.3 Å². The summed E-state index contributed by atoms with van der Waals surface area (Å²) in [6, 6.07) is 9.30. The second-order valence-electron chi connectivity index (χ2n) is 9.88. The molecule has 8 heteroatoms. The Balaban J connectivity index is 0.000000414. The van der Waals surface area contributed by atoms with Crippen LogP contribution >= 0.6 is 0 Å². The van der Waals surface area contributed by atoms with E-state index in [-0.39, 0.29) is 5.91 Å². The first-order chi connectivity index (χ1) is 19.9. The van der Waals surface area contributed by atoms with E-state index in [0.29, 0.717) is 12.7 Å². The molecule has 1 aromatic carbocycles. The molecule has 0 radical (unpaired) electrons. The fraction of sp³-hybridized carbons (Fsp3) is 0.485. The van der Waals surface area contributed by atoms with Gasteiger partial charge in [0.05, 0.1) is 5.56 Å². The molecule has 41 heavy (non-hydrogen) atoms. The highest BCUT2D eigenvalue weighted by Gasteiger charge is 2.28. The lowest BCUT2D eigenvalue weighted by molar-refractivity contribution is -0.115. The molecule has 224 valence electrons. The Kier molecular flexibility index (Phi) is 17.5. The number of hydrogen-bond donors (Lipinski definition) is 2. The van der Waals surface area contributed by atoms with E-state index in [1.165, 1.54) is 39.2 Å². The normalized spacial score (nSPS) is 16.0. The van der Waals surface area contributed by atoms with Crippen LogP contribution in [0.4, 0.5) is 0 Å². The summed E-state index contributed by atoms with van der Waals surface area (Å²) in [5, 5.41) is 2.40. The summed E-state index contributed by atoms with van der Waals surface area (Å²) in [5.74, 6) is 2.45. The molecule has 1 saturated carbocycles. The Morgan fingerprint density at radius 3 is 2.17 bits per heavy atom. The molecule has 8 nitrogen and oxygen atoms in total. The number of terminal acetylenes is 1. The first kappa shape index (κ1) is 35.4. The number of allylic oxidation sites excluding steroid dienone is 1. The van der Waals surface area contributed by atoms with E-state index in [0.717, 1.165) is 54.6 Å². The van der Waals surface area contributed by atoms with Crippen LogP contribution in [0.1, 0.15) is 79.2 Å². The van der Waals surface area contributed by atoms with Crippen LogP contribution in [0.25, 0.3) is 6.08 Å². The largest absolute Gasteiger partial charge is 0.350 e. The number of aryl methyl sites for hydroxylation is 1. The Hall–Kier alpha value is -3.67. The van der Waals surface area contributed by atoms with Gasteiger partial charge in [-0.05, 0) is 57.9 Å². The minimum absolute atomic E-state index is 0.196. The summed E-state index contributed by atoms with van der Waals surface area (Å²) >= 11 is 0. The van der Waals surface area contributed by atoms with Crippen molar-refractivity contribution in [3.05, 3.63) is 65.0 Å². The zero-order valence-electron chi connectivity index (χ0n) is 25.5. The molecule has 1 aliphatic carbocycles. The predicted octanol–water partition coefficient (Wildman–Crippen LogP) is 4.34. The minimum atomic E-state index is -0.524. The molecular formula is C33H49N5O3. The van der Waals surface area contributed by atoms with E-state index in [2.05, 4.69) is 45.9 Å². The second-order valence-corrected chi connectivity index (χ2v) is 9.88. The highest BCUT2D eigenvalue weighted by Crippen LogP contribution is 2.25. The maximum Gasteiger partial charge on any atom is 0.255 e. The van der Waals surface area contributed by atoms with Gasteiger partial charge in [-0.2, -0.15) is 0 Å². The highest BCUT2D eigenvalue weighted by molar-refractivity contribution is 5.96. The minimum Gasteiger partial charge on any atom is -0.350 e. The molecule has 0 spiro atoms. The number of carbonyl (C=O) groups excluding carboxylic acids is 3. The van der Waals surface area contributed by atoms with Crippen molar-refractivity contribution in [3.8, 4) is 12.3 Å². The first-order valence-corrected chi connectivity index (χ1v) is 14.4. The molecule has 3 N–H and O–H groups in total. The van der Waals surface area contributed by atoms with Crippen molar-refractivity contribution in [2.75, 3.05) is 33.2 Å².